The number of benzene rings is 1. The van der Waals surface area contributed by atoms with Crippen molar-refractivity contribution in [2.75, 3.05) is 11.1 Å². The quantitative estimate of drug-likeness (QED) is 0.650. The molecule has 0 aliphatic rings. The highest BCUT2D eigenvalue weighted by atomic mass is 79.9. The van der Waals surface area contributed by atoms with Crippen LogP contribution in [0.3, 0.4) is 0 Å². The summed E-state index contributed by atoms with van der Waals surface area (Å²) in [6.07, 6.45) is 1.61. The van der Waals surface area contributed by atoms with Crippen LogP contribution in [0.25, 0.3) is 0 Å². The predicted octanol–water partition coefficient (Wildman–Crippen LogP) is 4.22. The lowest BCUT2D eigenvalue weighted by molar-refractivity contribution is 0.102. The summed E-state index contributed by atoms with van der Waals surface area (Å²) >= 11 is 4.83. The van der Waals surface area contributed by atoms with Crippen LogP contribution in [0.4, 0.5) is 5.69 Å². The molecule has 2 aromatic rings. The summed E-state index contributed by atoms with van der Waals surface area (Å²) in [5.41, 5.74) is 3.44. The summed E-state index contributed by atoms with van der Waals surface area (Å²) in [6, 6.07) is 5.82. The third kappa shape index (κ3) is 4.04. The third-order valence-corrected chi connectivity index (χ3v) is 4.30. The van der Waals surface area contributed by atoms with E-state index in [2.05, 4.69) is 31.2 Å². The lowest BCUT2D eigenvalue weighted by atomic mass is 10.1. The average Bonchev–Trinajstić information content (AvgIpc) is 2.45. The molecule has 0 radical (unpaired) electrons. The van der Waals surface area contributed by atoms with E-state index in [1.54, 1.807) is 6.20 Å². The van der Waals surface area contributed by atoms with Gasteiger partial charge in [-0.25, -0.2) is 9.97 Å². The van der Waals surface area contributed by atoms with Crippen LogP contribution >= 0.6 is 27.7 Å². The van der Waals surface area contributed by atoms with Crippen LogP contribution < -0.4 is 5.32 Å². The Labute approximate surface area is 136 Å². The Hall–Kier alpha value is -1.40. The molecule has 2 rings (SSSR count). The number of halogens is 1. The van der Waals surface area contributed by atoms with Gasteiger partial charge < -0.3 is 5.32 Å². The standard InChI is InChI=1S/C15H16BrN3OS/c1-4-21-15-17-8-12(16)13(19-15)14(20)18-11-6-5-9(2)10(3)7-11/h5-8H,4H2,1-3H3,(H,18,20). The molecule has 0 saturated carbocycles. The molecule has 0 atom stereocenters. The number of hydrogen-bond acceptors (Lipinski definition) is 4. The molecule has 0 bridgehead atoms. The van der Waals surface area contributed by atoms with Crippen molar-refractivity contribution < 1.29 is 4.79 Å². The van der Waals surface area contributed by atoms with Crippen molar-refractivity contribution in [2.24, 2.45) is 0 Å². The zero-order valence-electron chi connectivity index (χ0n) is 12.1. The van der Waals surface area contributed by atoms with Gasteiger partial charge in [0.25, 0.3) is 5.91 Å². The maximum Gasteiger partial charge on any atom is 0.275 e. The molecule has 0 fully saturated rings. The number of thioether (sulfide) groups is 1. The number of amides is 1. The van der Waals surface area contributed by atoms with Crippen LogP contribution in [0.15, 0.2) is 34.0 Å². The summed E-state index contributed by atoms with van der Waals surface area (Å²) in [7, 11) is 0. The monoisotopic (exact) mass is 365 g/mol. The Balaban J connectivity index is 2.23. The van der Waals surface area contributed by atoms with Gasteiger partial charge in [-0.15, -0.1) is 0 Å². The number of carbonyl (C=O) groups excluding carboxylic acids is 1. The van der Waals surface area contributed by atoms with Gasteiger partial charge in [-0.2, -0.15) is 0 Å². The Kier molecular flexibility index (Phi) is 5.36. The Bertz CT molecular complexity index is 676. The van der Waals surface area contributed by atoms with Crippen molar-refractivity contribution in [1.29, 1.82) is 0 Å². The van der Waals surface area contributed by atoms with Crippen LogP contribution in [0.5, 0.6) is 0 Å². The highest BCUT2D eigenvalue weighted by molar-refractivity contribution is 9.10. The second-order valence-corrected chi connectivity index (χ2v) is 6.62. The fourth-order valence-corrected chi connectivity index (χ4v) is 2.63. The van der Waals surface area contributed by atoms with Crippen molar-refractivity contribution in [3.8, 4) is 0 Å². The summed E-state index contributed by atoms with van der Waals surface area (Å²) in [6.45, 7) is 6.07. The highest BCUT2D eigenvalue weighted by Gasteiger charge is 2.14. The van der Waals surface area contributed by atoms with E-state index in [4.69, 9.17) is 0 Å². The van der Waals surface area contributed by atoms with Crippen molar-refractivity contribution >= 4 is 39.3 Å². The lowest BCUT2D eigenvalue weighted by Crippen LogP contribution is -2.15. The first-order chi connectivity index (χ1) is 10.0. The van der Waals surface area contributed by atoms with E-state index in [1.807, 2.05) is 39.0 Å². The zero-order chi connectivity index (χ0) is 15.4. The normalized spacial score (nSPS) is 10.5. The smallest absolute Gasteiger partial charge is 0.275 e. The highest BCUT2D eigenvalue weighted by Crippen LogP contribution is 2.20. The van der Waals surface area contributed by atoms with Gasteiger partial charge >= 0.3 is 0 Å². The third-order valence-electron chi connectivity index (χ3n) is 2.98. The van der Waals surface area contributed by atoms with E-state index >= 15 is 0 Å². The van der Waals surface area contributed by atoms with E-state index < -0.39 is 0 Å². The van der Waals surface area contributed by atoms with Crippen LogP contribution in [0.1, 0.15) is 28.5 Å². The largest absolute Gasteiger partial charge is 0.321 e. The fraction of sp³-hybridized carbons (Fsp3) is 0.267. The molecule has 0 saturated heterocycles. The summed E-state index contributed by atoms with van der Waals surface area (Å²) in [5.74, 6) is 0.616. The Morgan fingerprint density at radius 3 is 2.76 bits per heavy atom. The van der Waals surface area contributed by atoms with Crippen LogP contribution in [0, 0.1) is 13.8 Å². The van der Waals surface area contributed by atoms with E-state index in [0.29, 0.717) is 15.3 Å². The molecule has 0 unspecified atom stereocenters. The Morgan fingerprint density at radius 1 is 1.33 bits per heavy atom. The van der Waals surface area contributed by atoms with Crippen molar-refractivity contribution in [1.82, 2.24) is 9.97 Å². The predicted molar refractivity (Wildman–Crippen MR) is 90.0 cm³/mol. The van der Waals surface area contributed by atoms with Gasteiger partial charge in [-0.05, 0) is 58.8 Å². The van der Waals surface area contributed by atoms with Crippen molar-refractivity contribution in [3.63, 3.8) is 0 Å². The molecule has 1 aromatic carbocycles. The number of rotatable bonds is 4. The summed E-state index contributed by atoms with van der Waals surface area (Å²) in [5, 5.41) is 3.47. The number of hydrogen-bond donors (Lipinski definition) is 1. The van der Waals surface area contributed by atoms with Gasteiger partial charge in [-0.1, -0.05) is 24.8 Å². The number of aryl methyl sites for hydroxylation is 2. The van der Waals surface area contributed by atoms with E-state index in [-0.39, 0.29) is 5.91 Å². The van der Waals surface area contributed by atoms with E-state index in [9.17, 15) is 4.79 Å². The fourth-order valence-electron chi connectivity index (χ4n) is 1.72. The number of anilines is 1. The molecule has 1 aromatic heterocycles. The molecular formula is C15H16BrN3OS. The number of aromatic nitrogens is 2. The molecular weight excluding hydrogens is 350 g/mol. The minimum absolute atomic E-state index is 0.245. The average molecular weight is 366 g/mol. The van der Waals surface area contributed by atoms with Crippen LogP contribution in [-0.2, 0) is 0 Å². The second kappa shape index (κ2) is 7.04. The summed E-state index contributed by atoms with van der Waals surface area (Å²) in [4.78, 5) is 20.8. The number of nitrogens with zero attached hydrogens (tertiary/aromatic N) is 2. The lowest BCUT2D eigenvalue weighted by Gasteiger charge is -2.09. The SMILES string of the molecule is CCSc1ncc(Br)c(C(=O)Nc2ccc(C)c(C)c2)n1. The van der Waals surface area contributed by atoms with Gasteiger partial charge in [0.2, 0.25) is 0 Å². The molecule has 4 nitrogen and oxygen atoms in total. The molecule has 110 valence electrons. The van der Waals surface area contributed by atoms with Gasteiger partial charge in [-0.3, -0.25) is 4.79 Å². The first-order valence-corrected chi connectivity index (χ1v) is 8.33. The molecule has 6 heteroatoms. The number of nitrogens with one attached hydrogen (secondary N) is 1. The Morgan fingerprint density at radius 2 is 2.10 bits per heavy atom. The van der Waals surface area contributed by atoms with Crippen LogP contribution in [0.2, 0.25) is 0 Å². The summed E-state index contributed by atoms with van der Waals surface area (Å²) < 4.78 is 0.587. The second-order valence-electron chi connectivity index (χ2n) is 4.54. The molecule has 1 N–H and O–H groups in total. The van der Waals surface area contributed by atoms with Crippen molar-refractivity contribution in [2.45, 2.75) is 25.9 Å². The topological polar surface area (TPSA) is 54.9 Å². The maximum atomic E-state index is 12.3. The molecule has 21 heavy (non-hydrogen) atoms. The van der Waals surface area contributed by atoms with Gasteiger partial charge in [0.15, 0.2) is 5.16 Å². The molecule has 1 heterocycles. The molecule has 0 spiro atoms. The first kappa shape index (κ1) is 16.0. The zero-order valence-corrected chi connectivity index (χ0v) is 14.5. The van der Waals surface area contributed by atoms with E-state index in [1.165, 1.54) is 17.3 Å². The maximum absolute atomic E-state index is 12.3. The minimum atomic E-state index is -0.245. The molecule has 1 amide bonds. The minimum Gasteiger partial charge on any atom is -0.321 e. The first-order valence-electron chi connectivity index (χ1n) is 6.55. The molecule has 0 aliphatic heterocycles. The van der Waals surface area contributed by atoms with Gasteiger partial charge in [0, 0.05) is 11.9 Å². The molecule has 0 aliphatic carbocycles. The van der Waals surface area contributed by atoms with Crippen molar-refractivity contribution in [3.05, 3.63) is 45.7 Å². The van der Waals surface area contributed by atoms with Gasteiger partial charge in [0.1, 0.15) is 5.69 Å². The number of carbonyl (C=O) groups is 1. The van der Waals surface area contributed by atoms with Crippen LogP contribution in [-0.4, -0.2) is 21.6 Å². The van der Waals surface area contributed by atoms with E-state index in [0.717, 1.165) is 17.0 Å². The van der Waals surface area contributed by atoms with Gasteiger partial charge in [0.05, 0.1) is 4.47 Å².